The van der Waals surface area contributed by atoms with Crippen molar-refractivity contribution in [3.63, 3.8) is 0 Å². The molecule has 0 saturated carbocycles. The second-order valence-electron chi connectivity index (χ2n) is 3.08. The smallest absolute Gasteiger partial charge is 0.119 e. The summed E-state index contributed by atoms with van der Waals surface area (Å²) < 4.78 is 0. The minimum Gasteiger partial charge on any atom is -0.320 e. The van der Waals surface area contributed by atoms with Crippen molar-refractivity contribution in [3.05, 3.63) is 0 Å². The molecular formula is C11H25NO. The summed E-state index contributed by atoms with van der Waals surface area (Å²) in [5.74, 6) is 0. The molecule has 0 aromatic carbocycles. The Morgan fingerprint density at radius 1 is 1.08 bits per heavy atom. The predicted molar refractivity (Wildman–Crippen MR) is 59.0 cm³/mol. The largest absolute Gasteiger partial charge is 0.320 e. The van der Waals surface area contributed by atoms with Crippen LogP contribution in [-0.4, -0.2) is 19.9 Å². The number of unbranched alkanes of at least 4 members (excludes halogenated alkanes) is 5. The Labute approximate surface area is 83.1 Å². The summed E-state index contributed by atoms with van der Waals surface area (Å²) in [4.78, 5) is 9.84. The van der Waals surface area contributed by atoms with Crippen LogP contribution >= 0.6 is 0 Å². The predicted octanol–water partition coefficient (Wildman–Crippen LogP) is 2.77. The summed E-state index contributed by atoms with van der Waals surface area (Å²) in [6.45, 7) is 5.33. The highest BCUT2D eigenvalue weighted by atomic mass is 16.1. The fourth-order valence-corrected chi connectivity index (χ4v) is 0.831. The summed E-state index contributed by atoms with van der Waals surface area (Å²) in [5, 5.41) is 2.93. The van der Waals surface area contributed by atoms with Gasteiger partial charge in [0.15, 0.2) is 0 Å². The first-order chi connectivity index (χ1) is 6.33. The SMILES string of the molecule is CCCCCCCC=O.CCNC. The van der Waals surface area contributed by atoms with Gasteiger partial charge in [-0.25, -0.2) is 0 Å². The van der Waals surface area contributed by atoms with E-state index in [1.54, 1.807) is 0 Å². The van der Waals surface area contributed by atoms with Crippen LogP contribution in [0.4, 0.5) is 0 Å². The molecule has 0 aliphatic carbocycles. The third-order valence-corrected chi connectivity index (χ3v) is 1.78. The minimum atomic E-state index is 0.754. The zero-order valence-electron chi connectivity index (χ0n) is 9.44. The third-order valence-electron chi connectivity index (χ3n) is 1.78. The lowest BCUT2D eigenvalue weighted by Gasteiger charge is -1.93. The molecule has 13 heavy (non-hydrogen) atoms. The van der Waals surface area contributed by atoms with Crippen LogP contribution in [-0.2, 0) is 4.79 Å². The molecule has 0 aromatic rings. The van der Waals surface area contributed by atoms with Crippen molar-refractivity contribution in [1.29, 1.82) is 0 Å². The first kappa shape index (κ1) is 15.1. The van der Waals surface area contributed by atoms with E-state index in [9.17, 15) is 4.79 Å². The number of aldehydes is 1. The fraction of sp³-hybridized carbons (Fsp3) is 0.909. The molecular weight excluding hydrogens is 162 g/mol. The number of carbonyl (C=O) groups excluding carboxylic acids is 1. The van der Waals surface area contributed by atoms with E-state index in [1.807, 2.05) is 7.05 Å². The molecule has 80 valence electrons. The molecule has 0 spiro atoms. The van der Waals surface area contributed by atoms with Crippen molar-refractivity contribution < 1.29 is 4.79 Å². The molecule has 0 aliphatic rings. The molecule has 0 aromatic heterocycles. The lowest BCUT2D eigenvalue weighted by atomic mass is 10.1. The molecule has 0 heterocycles. The van der Waals surface area contributed by atoms with Crippen LogP contribution in [0.15, 0.2) is 0 Å². The van der Waals surface area contributed by atoms with E-state index in [2.05, 4.69) is 19.2 Å². The Balaban J connectivity index is 0. The molecule has 0 unspecified atom stereocenters. The van der Waals surface area contributed by atoms with Crippen LogP contribution in [0.5, 0.6) is 0 Å². The number of carbonyl (C=O) groups is 1. The Morgan fingerprint density at radius 2 is 1.62 bits per heavy atom. The van der Waals surface area contributed by atoms with Crippen LogP contribution in [0.3, 0.4) is 0 Å². The van der Waals surface area contributed by atoms with Gasteiger partial charge in [-0.15, -0.1) is 0 Å². The monoisotopic (exact) mass is 187 g/mol. The lowest BCUT2D eigenvalue weighted by Crippen LogP contribution is -2.01. The number of rotatable bonds is 7. The minimum absolute atomic E-state index is 0.754. The van der Waals surface area contributed by atoms with Crippen molar-refractivity contribution in [3.8, 4) is 0 Å². The van der Waals surface area contributed by atoms with Gasteiger partial charge in [0.1, 0.15) is 6.29 Å². The summed E-state index contributed by atoms with van der Waals surface area (Å²) in [6.07, 6.45) is 7.97. The summed E-state index contributed by atoms with van der Waals surface area (Å²) >= 11 is 0. The van der Waals surface area contributed by atoms with Crippen molar-refractivity contribution in [1.82, 2.24) is 5.32 Å². The van der Waals surface area contributed by atoms with Crippen LogP contribution in [0.25, 0.3) is 0 Å². The number of nitrogens with one attached hydrogen (secondary N) is 1. The Hall–Kier alpha value is -0.370. The topological polar surface area (TPSA) is 29.1 Å². The van der Waals surface area contributed by atoms with Gasteiger partial charge in [0, 0.05) is 6.42 Å². The van der Waals surface area contributed by atoms with Crippen LogP contribution < -0.4 is 5.32 Å². The van der Waals surface area contributed by atoms with E-state index in [4.69, 9.17) is 0 Å². The van der Waals surface area contributed by atoms with E-state index in [1.165, 1.54) is 25.7 Å². The van der Waals surface area contributed by atoms with Gasteiger partial charge in [-0.1, -0.05) is 39.5 Å². The molecule has 0 amide bonds. The maximum atomic E-state index is 9.84. The molecule has 0 atom stereocenters. The second kappa shape index (κ2) is 17.6. The molecule has 0 radical (unpaired) electrons. The molecule has 2 heteroatoms. The highest BCUT2D eigenvalue weighted by molar-refractivity contribution is 5.48. The molecule has 0 fully saturated rings. The molecule has 0 rings (SSSR count). The average molecular weight is 187 g/mol. The van der Waals surface area contributed by atoms with Crippen LogP contribution in [0, 0.1) is 0 Å². The van der Waals surface area contributed by atoms with E-state index in [-0.39, 0.29) is 0 Å². The van der Waals surface area contributed by atoms with Gasteiger partial charge in [0.25, 0.3) is 0 Å². The summed E-state index contributed by atoms with van der Waals surface area (Å²) in [6, 6.07) is 0. The third kappa shape index (κ3) is 24.5. The average Bonchev–Trinajstić information content (AvgIpc) is 2.18. The van der Waals surface area contributed by atoms with Gasteiger partial charge < -0.3 is 10.1 Å². The number of hydrogen-bond donors (Lipinski definition) is 1. The highest BCUT2D eigenvalue weighted by Gasteiger charge is 1.85. The van der Waals surface area contributed by atoms with Gasteiger partial charge in [0.05, 0.1) is 0 Å². The summed E-state index contributed by atoms with van der Waals surface area (Å²) in [5.41, 5.74) is 0. The zero-order valence-corrected chi connectivity index (χ0v) is 9.44. The van der Waals surface area contributed by atoms with E-state index < -0.39 is 0 Å². The second-order valence-corrected chi connectivity index (χ2v) is 3.08. The molecule has 1 N–H and O–H groups in total. The Kier molecular flexibility index (Phi) is 20.5. The maximum Gasteiger partial charge on any atom is 0.119 e. The van der Waals surface area contributed by atoms with E-state index in [0.29, 0.717) is 0 Å². The standard InChI is InChI=1S/C8H16O.C3H9N/c1-2-3-4-5-6-7-8-9;1-3-4-2/h8H,2-7H2,1H3;4H,3H2,1-2H3. The summed E-state index contributed by atoms with van der Waals surface area (Å²) in [7, 11) is 1.93. The van der Waals surface area contributed by atoms with Crippen LogP contribution in [0.2, 0.25) is 0 Å². The molecule has 0 aliphatic heterocycles. The van der Waals surface area contributed by atoms with Gasteiger partial charge in [0.2, 0.25) is 0 Å². The first-order valence-electron chi connectivity index (χ1n) is 5.41. The van der Waals surface area contributed by atoms with E-state index >= 15 is 0 Å². The van der Waals surface area contributed by atoms with Gasteiger partial charge in [-0.05, 0) is 20.0 Å². The Morgan fingerprint density at radius 3 is 2.00 bits per heavy atom. The van der Waals surface area contributed by atoms with E-state index in [0.717, 1.165) is 25.7 Å². The first-order valence-corrected chi connectivity index (χ1v) is 5.41. The fourth-order valence-electron chi connectivity index (χ4n) is 0.831. The van der Waals surface area contributed by atoms with Gasteiger partial charge in [-0.3, -0.25) is 0 Å². The van der Waals surface area contributed by atoms with Gasteiger partial charge in [-0.2, -0.15) is 0 Å². The zero-order chi connectivity index (χ0) is 10.4. The maximum absolute atomic E-state index is 9.84. The van der Waals surface area contributed by atoms with Crippen molar-refractivity contribution in [2.45, 2.75) is 52.4 Å². The molecule has 0 saturated heterocycles. The van der Waals surface area contributed by atoms with Crippen LogP contribution in [0.1, 0.15) is 52.4 Å². The van der Waals surface area contributed by atoms with Crippen molar-refractivity contribution in [2.24, 2.45) is 0 Å². The lowest BCUT2D eigenvalue weighted by molar-refractivity contribution is -0.107. The van der Waals surface area contributed by atoms with Crippen molar-refractivity contribution >= 4 is 6.29 Å². The molecule has 2 nitrogen and oxygen atoms in total. The number of hydrogen-bond acceptors (Lipinski definition) is 2. The normalized spacial score (nSPS) is 8.85. The molecule has 0 bridgehead atoms. The Bertz CT molecular complexity index is 82.2. The quantitative estimate of drug-likeness (QED) is 0.490. The van der Waals surface area contributed by atoms with Gasteiger partial charge >= 0.3 is 0 Å². The van der Waals surface area contributed by atoms with Crippen molar-refractivity contribution in [2.75, 3.05) is 13.6 Å². The highest BCUT2D eigenvalue weighted by Crippen LogP contribution is 2.02.